The molecule has 1 aromatic carbocycles. The highest BCUT2D eigenvalue weighted by Gasteiger charge is 2.21. The molecule has 2 heterocycles. The second kappa shape index (κ2) is 6.84. The van der Waals surface area contributed by atoms with E-state index in [2.05, 4.69) is 13.8 Å². The minimum atomic E-state index is -0.565. The molecule has 0 amide bonds. The van der Waals surface area contributed by atoms with E-state index in [1.54, 1.807) is 12.1 Å². The van der Waals surface area contributed by atoms with Crippen LogP contribution in [0.3, 0.4) is 0 Å². The number of fused-ring (bicyclic) bond motifs is 1. The van der Waals surface area contributed by atoms with E-state index in [-0.39, 0.29) is 11.7 Å². The Morgan fingerprint density at radius 3 is 2.54 bits per heavy atom. The summed E-state index contributed by atoms with van der Waals surface area (Å²) >= 11 is 6.26. The maximum Gasteiger partial charge on any atom is 0.374 e. The fourth-order valence-electron chi connectivity index (χ4n) is 2.72. The highest BCUT2D eigenvalue weighted by molar-refractivity contribution is 6.31. The first-order valence-corrected chi connectivity index (χ1v) is 9.04. The predicted molar refractivity (Wildman–Crippen MR) is 102 cm³/mol. The molecule has 0 atom stereocenters. The van der Waals surface area contributed by atoms with Crippen molar-refractivity contribution in [3.8, 4) is 0 Å². The first-order chi connectivity index (χ1) is 12.1. The maximum atomic E-state index is 12.1. The molecule has 0 aliphatic carbocycles. The van der Waals surface area contributed by atoms with E-state index in [1.165, 1.54) is 0 Å². The summed E-state index contributed by atoms with van der Waals surface area (Å²) in [5, 5.41) is 1.61. The van der Waals surface area contributed by atoms with Crippen LogP contribution >= 0.6 is 11.6 Å². The molecular formula is C21H23ClO4. The Balaban J connectivity index is 1.89. The van der Waals surface area contributed by atoms with Crippen LogP contribution in [-0.4, -0.2) is 11.6 Å². The number of hydrogen-bond acceptors (Lipinski definition) is 4. The second-order valence-electron chi connectivity index (χ2n) is 7.73. The Morgan fingerprint density at radius 2 is 1.88 bits per heavy atom. The zero-order valence-corrected chi connectivity index (χ0v) is 16.4. The van der Waals surface area contributed by atoms with Crippen LogP contribution in [0.25, 0.3) is 11.0 Å². The number of benzene rings is 1. The maximum absolute atomic E-state index is 12.1. The van der Waals surface area contributed by atoms with Crippen molar-refractivity contribution in [3.63, 3.8) is 0 Å². The monoisotopic (exact) mass is 374 g/mol. The van der Waals surface area contributed by atoms with Crippen LogP contribution in [0.4, 0.5) is 0 Å². The number of ether oxygens (including phenoxy) is 1. The van der Waals surface area contributed by atoms with Gasteiger partial charge < -0.3 is 13.6 Å². The molecule has 0 fully saturated rings. The lowest BCUT2D eigenvalue weighted by Gasteiger charge is -2.18. The summed E-state index contributed by atoms with van der Waals surface area (Å²) in [4.78, 5) is 12.1. The summed E-state index contributed by atoms with van der Waals surface area (Å²) in [6.07, 6.45) is 0.477. The number of halogens is 1. The molecule has 0 aliphatic heterocycles. The first kappa shape index (κ1) is 18.6. The summed E-state index contributed by atoms with van der Waals surface area (Å²) in [6, 6.07) is 9.19. The third kappa shape index (κ3) is 4.13. The van der Waals surface area contributed by atoms with Crippen LogP contribution in [0.15, 0.2) is 39.2 Å². The molecule has 3 aromatic rings. The van der Waals surface area contributed by atoms with Gasteiger partial charge >= 0.3 is 5.97 Å². The number of esters is 1. The highest BCUT2D eigenvalue weighted by atomic mass is 35.5. The van der Waals surface area contributed by atoms with Crippen molar-refractivity contribution < 1.29 is 18.4 Å². The smallest absolute Gasteiger partial charge is 0.374 e. The molecule has 4 nitrogen and oxygen atoms in total. The minimum absolute atomic E-state index is 0.190. The standard InChI is InChI=1S/C21H23ClO4/c1-12(2)18-11-14-9-15(22)8-13(19(14)25-18)10-16-6-7-17(24-16)20(23)26-21(3,4)5/h6-9,11-12H,10H2,1-5H3. The van der Waals surface area contributed by atoms with E-state index in [0.29, 0.717) is 17.2 Å². The van der Waals surface area contributed by atoms with Crippen LogP contribution in [0, 0.1) is 0 Å². The largest absolute Gasteiger partial charge is 0.461 e. The molecule has 0 unspecified atom stereocenters. The lowest BCUT2D eigenvalue weighted by atomic mass is 10.1. The number of carbonyl (C=O) groups is 1. The van der Waals surface area contributed by atoms with Gasteiger partial charge in [0.1, 0.15) is 22.7 Å². The zero-order valence-electron chi connectivity index (χ0n) is 15.7. The summed E-state index contributed by atoms with van der Waals surface area (Å²) in [5.74, 6) is 1.57. The van der Waals surface area contributed by atoms with Gasteiger partial charge in [-0.2, -0.15) is 0 Å². The van der Waals surface area contributed by atoms with E-state index in [9.17, 15) is 4.79 Å². The second-order valence-corrected chi connectivity index (χ2v) is 8.17. The van der Waals surface area contributed by atoms with Crippen LogP contribution in [-0.2, 0) is 11.2 Å². The summed E-state index contributed by atoms with van der Waals surface area (Å²) in [7, 11) is 0. The molecular weight excluding hydrogens is 352 g/mol. The topological polar surface area (TPSA) is 52.6 Å². The number of carbonyl (C=O) groups excluding carboxylic acids is 1. The van der Waals surface area contributed by atoms with Gasteiger partial charge in [-0.05, 0) is 51.1 Å². The van der Waals surface area contributed by atoms with Crippen molar-refractivity contribution in [2.45, 2.75) is 52.6 Å². The summed E-state index contributed by atoms with van der Waals surface area (Å²) in [5.41, 5.74) is 1.16. The van der Waals surface area contributed by atoms with Crippen LogP contribution in [0.2, 0.25) is 5.02 Å². The molecule has 0 spiro atoms. The van der Waals surface area contributed by atoms with Gasteiger partial charge in [-0.3, -0.25) is 0 Å². The number of hydrogen-bond donors (Lipinski definition) is 0. The van der Waals surface area contributed by atoms with Crippen LogP contribution in [0.1, 0.15) is 68.2 Å². The predicted octanol–water partition coefficient (Wildman–Crippen LogP) is 6.35. The summed E-state index contributed by atoms with van der Waals surface area (Å²) in [6.45, 7) is 9.62. The summed E-state index contributed by atoms with van der Waals surface area (Å²) < 4.78 is 17.0. The number of rotatable bonds is 4. The SMILES string of the molecule is CC(C)c1cc2cc(Cl)cc(Cc3ccc(C(=O)OC(C)(C)C)o3)c2o1. The normalized spacial score (nSPS) is 12.1. The zero-order chi connectivity index (χ0) is 19.1. The van der Waals surface area contributed by atoms with Crippen LogP contribution in [0.5, 0.6) is 0 Å². The van der Waals surface area contributed by atoms with Gasteiger partial charge in [-0.1, -0.05) is 25.4 Å². The van der Waals surface area contributed by atoms with Gasteiger partial charge in [0, 0.05) is 28.3 Å². The van der Waals surface area contributed by atoms with Gasteiger partial charge in [0.25, 0.3) is 0 Å². The van der Waals surface area contributed by atoms with Gasteiger partial charge in [0.15, 0.2) is 0 Å². The van der Waals surface area contributed by atoms with Crippen molar-refractivity contribution >= 4 is 28.5 Å². The molecule has 0 N–H and O–H groups in total. The Kier molecular flexibility index (Phi) is 4.89. The molecule has 0 saturated carbocycles. The van der Waals surface area contributed by atoms with E-state index in [1.807, 2.05) is 39.0 Å². The molecule has 0 saturated heterocycles. The van der Waals surface area contributed by atoms with E-state index < -0.39 is 11.6 Å². The van der Waals surface area contributed by atoms with Crippen molar-refractivity contribution in [2.75, 3.05) is 0 Å². The van der Waals surface area contributed by atoms with Crippen molar-refractivity contribution in [3.05, 3.63) is 58.2 Å². The lowest BCUT2D eigenvalue weighted by Crippen LogP contribution is -2.23. The average Bonchev–Trinajstić information content (AvgIpc) is 3.12. The lowest BCUT2D eigenvalue weighted by molar-refractivity contribution is 0.00345. The molecule has 26 heavy (non-hydrogen) atoms. The Hall–Kier alpha value is -2.20. The fraction of sp³-hybridized carbons (Fsp3) is 0.381. The Labute approximate surface area is 158 Å². The third-order valence-corrected chi connectivity index (χ3v) is 4.09. The molecule has 138 valence electrons. The average molecular weight is 375 g/mol. The number of furan rings is 2. The quantitative estimate of drug-likeness (QED) is 0.499. The highest BCUT2D eigenvalue weighted by Crippen LogP contribution is 2.31. The van der Waals surface area contributed by atoms with Crippen LogP contribution < -0.4 is 0 Å². The molecule has 0 bridgehead atoms. The van der Waals surface area contributed by atoms with E-state index in [0.717, 1.165) is 22.3 Å². The van der Waals surface area contributed by atoms with Crippen molar-refractivity contribution in [1.82, 2.24) is 0 Å². The van der Waals surface area contributed by atoms with Gasteiger partial charge in [-0.25, -0.2) is 4.79 Å². The van der Waals surface area contributed by atoms with E-state index in [4.69, 9.17) is 25.2 Å². The molecule has 0 aliphatic rings. The minimum Gasteiger partial charge on any atom is -0.461 e. The first-order valence-electron chi connectivity index (χ1n) is 8.66. The van der Waals surface area contributed by atoms with Gasteiger partial charge in [-0.15, -0.1) is 0 Å². The Bertz CT molecular complexity index is 941. The van der Waals surface area contributed by atoms with Gasteiger partial charge in [0.05, 0.1) is 0 Å². The Morgan fingerprint density at radius 1 is 1.15 bits per heavy atom. The van der Waals surface area contributed by atoms with E-state index >= 15 is 0 Å². The van der Waals surface area contributed by atoms with Crippen molar-refractivity contribution in [2.24, 2.45) is 0 Å². The van der Waals surface area contributed by atoms with Gasteiger partial charge in [0.2, 0.25) is 5.76 Å². The molecule has 3 rings (SSSR count). The third-order valence-electron chi connectivity index (χ3n) is 3.87. The molecule has 5 heteroatoms. The molecule has 0 radical (unpaired) electrons. The molecule has 2 aromatic heterocycles. The van der Waals surface area contributed by atoms with Crippen molar-refractivity contribution in [1.29, 1.82) is 0 Å². The fourth-order valence-corrected chi connectivity index (χ4v) is 2.97.